The number of benzene rings is 1. The Bertz CT molecular complexity index is 910. The summed E-state index contributed by atoms with van der Waals surface area (Å²) in [5, 5.41) is 3.29. The fraction of sp³-hybridized carbons (Fsp3) is 0.633. The molecule has 1 N–H and O–H groups in total. The van der Waals surface area contributed by atoms with Gasteiger partial charge in [0.25, 0.3) is 5.91 Å². The standard InChI is InChI=1S/C30H42N2O3/c1-21-13-15-32(16-14-21)22(2)24-5-6-26-19-27(10-7-25(26)18-24)31-30(33)23-8-11-28(12-9-23)35-20-29-4-3-17-34-29/h5-6,8-9,11-12,18,21-22,25-27,29H,3-4,7,10,13-17,19-20H2,1-2H3,(H,31,33)/t22-,25?,26?,27?,29+/m1/s1. The third-order valence-electron chi connectivity index (χ3n) is 8.66. The van der Waals surface area contributed by atoms with Crippen molar-refractivity contribution in [2.24, 2.45) is 17.8 Å². The number of ether oxygens (including phenoxy) is 2. The van der Waals surface area contributed by atoms with E-state index in [0.29, 0.717) is 30.0 Å². The normalized spacial score (nSPS) is 30.4. The Kier molecular flexibility index (Phi) is 7.94. The first-order chi connectivity index (χ1) is 17.0. The van der Waals surface area contributed by atoms with Crippen LogP contribution in [0.5, 0.6) is 5.75 Å². The quantitative estimate of drug-likeness (QED) is 0.572. The summed E-state index contributed by atoms with van der Waals surface area (Å²) in [5.41, 5.74) is 2.19. The van der Waals surface area contributed by atoms with Crippen LogP contribution in [0.25, 0.3) is 0 Å². The summed E-state index contributed by atoms with van der Waals surface area (Å²) in [6.45, 7) is 8.60. The van der Waals surface area contributed by atoms with Crippen LogP contribution in [0.1, 0.15) is 69.2 Å². The van der Waals surface area contributed by atoms with Crippen molar-refractivity contribution in [3.05, 3.63) is 53.6 Å². The van der Waals surface area contributed by atoms with Crippen LogP contribution in [0, 0.1) is 17.8 Å². The zero-order valence-corrected chi connectivity index (χ0v) is 21.5. The fourth-order valence-electron chi connectivity index (χ4n) is 6.17. The number of hydrogen-bond donors (Lipinski definition) is 1. The lowest BCUT2D eigenvalue weighted by molar-refractivity contribution is 0.0679. The van der Waals surface area contributed by atoms with Gasteiger partial charge in [0.05, 0.1) is 6.10 Å². The lowest BCUT2D eigenvalue weighted by atomic mass is 9.73. The van der Waals surface area contributed by atoms with Crippen molar-refractivity contribution >= 4 is 5.91 Å². The van der Waals surface area contributed by atoms with Gasteiger partial charge in [-0.15, -0.1) is 0 Å². The average Bonchev–Trinajstić information content (AvgIpc) is 3.41. The number of fused-ring (bicyclic) bond motifs is 1. The smallest absolute Gasteiger partial charge is 0.251 e. The predicted molar refractivity (Wildman–Crippen MR) is 140 cm³/mol. The predicted octanol–water partition coefficient (Wildman–Crippen LogP) is 5.38. The molecule has 2 aliphatic heterocycles. The first-order valence-corrected chi connectivity index (χ1v) is 13.8. The third kappa shape index (κ3) is 6.18. The van der Waals surface area contributed by atoms with Crippen molar-refractivity contribution in [2.45, 2.75) is 77.0 Å². The molecule has 0 spiro atoms. The van der Waals surface area contributed by atoms with Gasteiger partial charge in [-0.3, -0.25) is 9.69 Å². The SMILES string of the molecule is CC1CCN([C@H](C)C2=CC3CCC(NC(=O)c4ccc(OC[C@@H]5CCCO5)cc4)CC3C=C2)CC1. The molecular weight excluding hydrogens is 436 g/mol. The van der Waals surface area contributed by atoms with E-state index >= 15 is 0 Å². The molecule has 3 fully saturated rings. The Morgan fingerprint density at radius 1 is 1.11 bits per heavy atom. The van der Waals surface area contributed by atoms with Gasteiger partial charge in [-0.1, -0.05) is 25.2 Å². The lowest BCUT2D eigenvalue weighted by Gasteiger charge is -2.39. The van der Waals surface area contributed by atoms with Crippen molar-refractivity contribution in [1.82, 2.24) is 10.2 Å². The minimum Gasteiger partial charge on any atom is -0.491 e. The average molecular weight is 479 g/mol. The molecular formula is C30H42N2O3. The van der Waals surface area contributed by atoms with Gasteiger partial charge < -0.3 is 14.8 Å². The van der Waals surface area contributed by atoms with Gasteiger partial charge in [-0.25, -0.2) is 0 Å². The number of likely N-dealkylation sites (tertiary alicyclic amines) is 1. The molecule has 2 aliphatic carbocycles. The van der Waals surface area contributed by atoms with Crippen LogP contribution in [-0.2, 0) is 4.74 Å². The molecule has 190 valence electrons. The summed E-state index contributed by atoms with van der Waals surface area (Å²) >= 11 is 0. The van der Waals surface area contributed by atoms with Crippen molar-refractivity contribution in [1.29, 1.82) is 0 Å². The van der Waals surface area contributed by atoms with Crippen LogP contribution >= 0.6 is 0 Å². The van der Waals surface area contributed by atoms with Gasteiger partial charge >= 0.3 is 0 Å². The van der Waals surface area contributed by atoms with E-state index in [1.807, 2.05) is 24.3 Å². The second-order valence-electron chi connectivity index (χ2n) is 11.2. The van der Waals surface area contributed by atoms with Crippen LogP contribution in [0.3, 0.4) is 0 Å². The molecule has 2 saturated heterocycles. The Balaban J connectivity index is 1.09. The molecule has 2 heterocycles. The zero-order chi connectivity index (χ0) is 24.2. The molecule has 5 heteroatoms. The van der Waals surface area contributed by atoms with Gasteiger partial charge in [0.1, 0.15) is 12.4 Å². The lowest BCUT2D eigenvalue weighted by Crippen LogP contribution is -2.42. The largest absolute Gasteiger partial charge is 0.491 e. The van der Waals surface area contributed by atoms with E-state index in [1.54, 1.807) is 0 Å². The van der Waals surface area contributed by atoms with Crippen molar-refractivity contribution in [3.63, 3.8) is 0 Å². The molecule has 35 heavy (non-hydrogen) atoms. The topological polar surface area (TPSA) is 50.8 Å². The molecule has 0 radical (unpaired) electrons. The molecule has 4 aliphatic rings. The van der Waals surface area contributed by atoms with Crippen LogP contribution in [0.2, 0.25) is 0 Å². The van der Waals surface area contributed by atoms with Crippen molar-refractivity contribution in [3.8, 4) is 5.75 Å². The van der Waals surface area contributed by atoms with Crippen LogP contribution in [0.4, 0.5) is 0 Å². The van der Waals surface area contributed by atoms with Gasteiger partial charge in [-0.05, 0) is 113 Å². The highest BCUT2D eigenvalue weighted by Crippen LogP contribution is 2.37. The first-order valence-electron chi connectivity index (χ1n) is 13.8. The van der Waals surface area contributed by atoms with Crippen LogP contribution in [-0.4, -0.2) is 55.3 Å². The number of piperidine rings is 1. The number of carbonyl (C=O) groups is 1. The van der Waals surface area contributed by atoms with Crippen LogP contribution < -0.4 is 10.1 Å². The molecule has 3 unspecified atom stereocenters. The Morgan fingerprint density at radius 3 is 2.66 bits per heavy atom. The minimum atomic E-state index is 0.0168. The molecule has 1 aromatic carbocycles. The highest BCUT2D eigenvalue weighted by atomic mass is 16.5. The second-order valence-corrected chi connectivity index (χ2v) is 11.2. The van der Waals surface area contributed by atoms with E-state index < -0.39 is 0 Å². The molecule has 5 rings (SSSR count). The number of nitrogens with one attached hydrogen (secondary N) is 1. The van der Waals surface area contributed by atoms with Crippen molar-refractivity contribution < 1.29 is 14.3 Å². The first kappa shape index (κ1) is 24.6. The van der Waals surface area contributed by atoms with E-state index in [2.05, 4.69) is 42.3 Å². The number of allylic oxidation sites excluding steroid dienone is 2. The molecule has 0 bridgehead atoms. The summed E-state index contributed by atoms with van der Waals surface area (Å²) in [6.07, 6.45) is 15.5. The number of rotatable bonds is 7. The van der Waals surface area contributed by atoms with E-state index in [0.717, 1.165) is 50.4 Å². The third-order valence-corrected chi connectivity index (χ3v) is 8.66. The van der Waals surface area contributed by atoms with Gasteiger partial charge in [0, 0.05) is 24.3 Å². The second kappa shape index (κ2) is 11.3. The summed E-state index contributed by atoms with van der Waals surface area (Å²) < 4.78 is 11.4. The summed E-state index contributed by atoms with van der Waals surface area (Å²) in [7, 11) is 0. The molecule has 1 saturated carbocycles. The van der Waals surface area contributed by atoms with Gasteiger partial charge in [0.15, 0.2) is 0 Å². The molecule has 5 nitrogen and oxygen atoms in total. The summed E-state index contributed by atoms with van der Waals surface area (Å²) in [6, 6.07) is 8.26. The number of nitrogens with zero attached hydrogens (tertiary/aromatic N) is 1. The summed E-state index contributed by atoms with van der Waals surface area (Å²) in [4.78, 5) is 15.5. The molecule has 1 amide bonds. The Morgan fingerprint density at radius 2 is 1.91 bits per heavy atom. The Hall–Kier alpha value is -2.11. The van der Waals surface area contributed by atoms with Crippen LogP contribution in [0.15, 0.2) is 48.1 Å². The van der Waals surface area contributed by atoms with Gasteiger partial charge in [-0.2, -0.15) is 0 Å². The molecule has 1 aromatic rings. The van der Waals surface area contributed by atoms with E-state index in [4.69, 9.17) is 9.47 Å². The molecule has 0 aromatic heterocycles. The monoisotopic (exact) mass is 478 g/mol. The van der Waals surface area contributed by atoms with Gasteiger partial charge in [0.2, 0.25) is 0 Å². The fourth-order valence-corrected chi connectivity index (χ4v) is 6.17. The minimum absolute atomic E-state index is 0.0168. The Labute approximate surface area is 210 Å². The maximum atomic E-state index is 12.9. The van der Waals surface area contributed by atoms with E-state index in [1.165, 1.54) is 31.5 Å². The molecule has 5 atom stereocenters. The summed E-state index contributed by atoms with van der Waals surface area (Å²) in [5.74, 6) is 2.81. The maximum Gasteiger partial charge on any atom is 0.251 e. The highest BCUT2D eigenvalue weighted by Gasteiger charge is 2.32. The van der Waals surface area contributed by atoms with E-state index in [9.17, 15) is 4.79 Å². The zero-order valence-electron chi connectivity index (χ0n) is 21.5. The number of amides is 1. The highest BCUT2D eigenvalue weighted by molar-refractivity contribution is 5.94. The maximum absolute atomic E-state index is 12.9. The number of hydrogen-bond acceptors (Lipinski definition) is 4. The van der Waals surface area contributed by atoms with Crippen molar-refractivity contribution in [2.75, 3.05) is 26.3 Å². The number of carbonyl (C=O) groups excluding carboxylic acids is 1. The van der Waals surface area contributed by atoms with E-state index in [-0.39, 0.29) is 18.1 Å².